The standard InChI is InChI=1S/C29H35N7O2/c1-35-20-24(19-33-35)23-3-7-26(8-4-23)36(29(37)32-17-21-12-14-38-15-13-21)27-9-5-25(6-10-27)34-28-11-2-22(16-30)18-31-28/h2-4,7-8,11,18-21,25,27H,5-6,9-10,12-15,17H2,1H3,(H,31,34)(H,32,37)/t25-,27-. The van der Waals surface area contributed by atoms with Gasteiger partial charge in [-0.3, -0.25) is 9.58 Å². The topological polar surface area (TPSA) is 108 Å². The predicted molar refractivity (Wildman–Crippen MR) is 147 cm³/mol. The van der Waals surface area contributed by atoms with Gasteiger partial charge in [0.2, 0.25) is 0 Å². The quantitative estimate of drug-likeness (QED) is 0.473. The van der Waals surface area contributed by atoms with Gasteiger partial charge in [0.25, 0.3) is 0 Å². The summed E-state index contributed by atoms with van der Waals surface area (Å²) < 4.78 is 7.27. The Morgan fingerprint density at radius 2 is 1.82 bits per heavy atom. The molecule has 1 aliphatic heterocycles. The van der Waals surface area contributed by atoms with Crippen LogP contribution in [0.1, 0.15) is 44.1 Å². The molecule has 0 unspecified atom stereocenters. The van der Waals surface area contributed by atoms with Crippen LogP contribution >= 0.6 is 0 Å². The number of rotatable bonds is 7. The van der Waals surface area contributed by atoms with Gasteiger partial charge in [-0.05, 0) is 74.3 Å². The average Bonchev–Trinajstić information content (AvgIpc) is 3.40. The number of ether oxygens (including phenoxy) is 1. The number of nitrogens with one attached hydrogen (secondary N) is 2. The van der Waals surface area contributed by atoms with Crippen LogP contribution in [0.15, 0.2) is 55.0 Å². The van der Waals surface area contributed by atoms with Gasteiger partial charge in [0, 0.05) is 62.5 Å². The number of amides is 2. The minimum atomic E-state index is -0.0317. The van der Waals surface area contributed by atoms with Crippen LogP contribution in [0.25, 0.3) is 11.1 Å². The van der Waals surface area contributed by atoms with Gasteiger partial charge < -0.3 is 15.4 Å². The Kier molecular flexibility index (Phi) is 8.19. The lowest BCUT2D eigenvalue weighted by atomic mass is 9.89. The highest BCUT2D eigenvalue weighted by Gasteiger charge is 2.30. The lowest BCUT2D eigenvalue weighted by Gasteiger charge is -2.37. The molecule has 2 aromatic heterocycles. The highest BCUT2D eigenvalue weighted by Crippen LogP contribution is 2.31. The average molecular weight is 514 g/mol. The zero-order valence-corrected chi connectivity index (χ0v) is 21.8. The third-order valence-electron chi connectivity index (χ3n) is 7.59. The van der Waals surface area contributed by atoms with Gasteiger partial charge in [-0.15, -0.1) is 0 Å². The molecule has 9 heteroatoms. The van der Waals surface area contributed by atoms with Gasteiger partial charge >= 0.3 is 6.03 Å². The van der Waals surface area contributed by atoms with Crippen molar-refractivity contribution in [1.82, 2.24) is 20.1 Å². The van der Waals surface area contributed by atoms with E-state index in [0.717, 1.165) is 74.4 Å². The Morgan fingerprint density at radius 1 is 1.05 bits per heavy atom. The number of hydrogen-bond donors (Lipinski definition) is 2. The van der Waals surface area contributed by atoms with Crippen molar-refractivity contribution in [2.45, 2.75) is 50.6 Å². The number of nitrogens with zero attached hydrogens (tertiary/aromatic N) is 5. The van der Waals surface area contributed by atoms with E-state index in [1.807, 2.05) is 42.5 Å². The maximum Gasteiger partial charge on any atom is 0.322 e. The van der Waals surface area contributed by atoms with Gasteiger partial charge in [-0.1, -0.05) is 12.1 Å². The molecule has 3 aromatic rings. The number of nitriles is 1. The molecule has 2 aliphatic rings. The Morgan fingerprint density at radius 3 is 2.45 bits per heavy atom. The number of urea groups is 1. The van der Waals surface area contributed by atoms with Crippen LogP contribution in [0, 0.1) is 17.2 Å². The van der Waals surface area contributed by atoms with Crippen molar-refractivity contribution in [3.05, 3.63) is 60.6 Å². The normalized spacial score (nSPS) is 19.9. The molecular formula is C29H35N7O2. The Bertz CT molecular complexity index is 1240. The fourth-order valence-corrected chi connectivity index (χ4v) is 5.38. The zero-order valence-electron chi connectivity index (χ0n) is 21.8. The molecule has 2 fully saturated rings. The van der Waals surface area contributed by atoms with Gasteiger partial charge in [0.15, 0.2) is 0 Å². The van der Waals surface area contributed by atoms with E-state index in [0.29, 0.717) is 18.0 Å². The van der Waals surface area contributed by atoms with E-state index in [9.17, 15) is 4.79 Å². The van der Waals surface area contributed by atoms with E-state index in [2.05, 4.69) is 38.9 Å². The van der Waals surface area contributed by atoms with Crippen LogP contribution < -0.4 is 15.5 Å². The Labute approximate surface area is 223 Å². The third-order valence-corrected chi connectivity index (χ3v) is 7.59. The molecule has 2 amide bonds. The second-order valence-electron chi connectivity index (χ2n) is 10.3. The molecule has 1 saturated carbocycles. The number of aromatic nitrogens is 3. The maximum absolute atomic E-state index is 13.6. The number of anilines is 2. The zero-order chi connectivity index (χ0) is 26.3. The molecule has 5 rings (SSSR count). The second-order valence-corrected chi connectivity index (χ2v) is 10.3. The molecule has 0 radical (unpaired) electrons. The number of pyridine rings is 1. The van der Waals surface area contributed by atoms with Crippen LogP contribution in [-0.4, -0.2) is 52.6 Å². The van der Waals surface area contributed by atoms with Crippen molar-refractivity contribution in [2.75, 3.05) is 30.0 Å². The first kappa shape index (κ1) is 25.7. The minimum Gasteiger partial charge on any atom is -0.381 e. The lowest BCUT2D eigenvalue weighted by molar-refractivity contribution is 0.0670. The lowest BCUT2D eigenvalue weighted by Crippen LogP contribution is -2.50. The van der Waals surface area contributed by atoms with Gasteiger partial charge in [-0.2, -0.15) is 10.4 Å². The van der Waals surface area contributed by atoms with Gasteiger partial charge in [0.1, 0.15) is 11.9 Å². The Balaban J connectivity index is 1.27. The van der Waals surface area contributed by atoms with E-state index in [1.54, 1.807) is 16.9 Å². The van der Waals surface area contributed by atoms with Crippen LogP contribution in [-0.2, 0) is 11.8 Å². The highest BCUT2D eigenvalue weighted by molar-refractivity contribution is 5.93. The first-order chi connectivity index (χ1) is 18.6. The fraction of sp³-hybridized carbons (Fsp3) is 0.448. The highest BCUT2D eigenvalue weighted by atomic mass is 16.5. The van der Waals surface area contributed by atoms with Crippen LogP contribution in [0.4, 0.5) is 16.3 Å². The predicted octanol–water partition coefficient (Wildman–Crippen LogP) is 4.72. The third kappa shape index (κ3) is 6.32. The summed E-state index contributed by atoms with van der Waals surface area (Å²) in [5.74, 6) is 1.24. The van der Waals surface area contributed by atoms with Crippen molar-refractivity contribution < 1.29 is 9.53 Å². The molecule has 0 spiro atoms. The van der Waals surface area contributed by atoms with E-state index in [4.69, 9.17) is 10.00 Å². The number of carbonyl (C=O) groups excluding carboxylic acids is 1. The Hall–Kier alpha value is -3.90. The van der Waals surface area contributed by atoms with Crippen molar-refractivity contribution in [3.8, 4) is 17.2 Å². The summed E-state index contributed by atoms with van der Waals surface area (Å²) in [5.41, 5.74) is 3.59. The van der Waals surface area contributed by atoms with E-state index in [-0.39, 0.29) is 18.1 Å². The van der Waals surface area contributed by atoms with Crippen LogP contribution in [0.5, 0.6) is 0 Å². The molecule has 3 heterocycles. The largest absolute Gasteiger partial charge is 0.381 e. The SMILES string of the molecule is Cn1cc(-c2ccc(N(C(=O)NCC3CCOCC3)[C@H]3CC[C@H](Nc4ccc(C#N)cn4)CC3)cc2)cn1. The molecule has 198 valence electrons. The first-order valence-electron chi connectivity index (χ1n) is 13.5. The van der Waals surface area contributed by atoms with Crippen LogP contribution in [0.3, 0.4) is 0 Å². The van der Waals surface area contributed by atoms with Gasteiger partial charge in [0.05, 0.1) is 11.8 Å². The molecule has 2 N–H and O–H groups in total. The minimum absolute atomic E-state index is 0.0317. The summed E-state index contributed by atoms with van der Waals surface area (Å²) in [5, 5.41) is 20.0. The van der Waals surface area contributed by atoms with Crippen LogP contribution in [0.2, 0.25) is 0 Å². The van der Waals surface area contributed by atoms with Crippen molar-refractivity contribution in [1.29, 1.82) is 5.26 Å². The molecular weight excluding hydrogens is 478 g/mol. The molecule has 0 bridgehead atoms. The van der Waals surface area contributed by atoms with E-state index in [1.165, 1.54) is 0 Å². The van der Waals surface area contributed by atoms with E-state index >= 15 is 0 Å². The molecule has 1 aliphatic carbocycles. The van der Waals surface area contributed by atoms with Crippen molar-refractivity contribution in [3.63, 3.8) is 0 Å². The van der Waals surface area contributed by atoms with E-state index < -0.39 is 0 Å². The van der Waals surface area contributed by atoms with Crippen molar-refractivity contribution >= 4 is 17.5 Å². The fourth-order valence-electron chi connectivity index (χ4n) is 5.38. The molecule has 38 heavy (non-hydrogen) atoms. The summed E-state index contributed by atoms with van der Waals surface area (Å²) in [6.45, 7) is 2.21. The molecule has 9 nitrogen and oxygen atoms in total. The maximum atomic E-state index is 13.6. The summed E-state index contributed by atoms with van der Waals surface area (Å²) in [4.78, 5) is 19.9. The number of carbonyl (C=O) groups is 1. The molecule has 0 atom stereocenters. The smallest absolute Gasteiger partial charge is 0.322 e. The summed E-state index contributed by atoms with van der Waals surface area (Å²) in [6.07, 6.45) is 11.1. The summed E-state index contributed by atoms with van der Waals surface area (Å²) in [7, 11) is 1.91. The first-order valence-corrected chi connectivity index (χ1v) is 13.5. The molecule has 1 saturated heterocycles. The summed E-state index contributed by atoms with van der Waals surface area (Å²) >= 11 is 0. The number of benzene rings is 1. The monoisotopic (exact) mass is 513 g/mol. The number of aryl methyl sites for hydroxylation is 1. The summed E-state index contributed by atoms with van der Waals surface area (Å²) in [6, 6.07) is 14.3. The van der Waals surface area contributed by atoms with Crippen molar-refractivity contribution in [2.24, 2.45) is 13.0 Å². The second kappa shape index (κ2) is 12.1. The number of hydrogen-bond acceptors (Lipinski definition) is 6. The van der Waals surface area contributed by atoms with Gasteiger partial charge in [-0.25, -0.2) is 9.78 Å². The molecule has 1 aromatic carbocycles.